The molecule has 0 aliphatic rings. The van der Waals surface area contributed by atoms with Crippen LogP contribution in [0.25, 0.3) is 0 Å². The summed E-state index contributed by atoms with van der Waals surface area (Å²) in [6, 6.07) is 12.5. The molecule has 0 aliphatic heterocycles. The van der Waals surface area contributed by atoms with Gasteiger partial charge in [0.05, 0.1) is 0 Å². The minimum Gasteiger partial charge on any atom is -0.375 e. The number of aromatic nitrogens is 2. The van der Waals surface area contributed by atoms with Crippen molar-refractivity contribution in [3.05, 3.63) is 48.8 Å². The van der Waals surface area contributed by atoms with E-state index < -0.39 is 0 Å². The number of guanidine groups is 1. The summed E-state index contributed by atoms with van der Waals surface area (Å²) < 4.78 is 1.94. The molecule has 6 heteroatoms. The van der Waals surface area contributed by atoms with Crippen molar-refractivity contribution in [3.63, 3.8) is 0 Å². The number of hydrogen-bond donors (Lipinski definition) is 2. The Hall–Kier alpha value is -2.50. The van der Waals surface area contributed by atoms with E-state index in [-0.39, 0.29) is 0 Å². The van der Waals surface area contributed by atoms with Crippen molar-refractivity contribution >= 4 is 11.6 Å². The van der Waals surface area contributed by atoms with Gasteiger partial charge in [0, 0.05) is 57.9 Å². The molecule has 0 saturated carbocycles. The van der Waals surface area contributed by atoms with Crippen molar-refractivity contribution in [1.82, 2.24) is 20.4 Å². The van der Waals surface area contributed by atoms with Gasteiger partial charge >= 0.3 is 0 Å². The van der Waals surface area contributed by atoms with E-state index in [0.29, 0.717) is 0 Å². The van der Waals surface area contributed by atoms with Crippen molar-refractivity contribution in [2.75, 3.05) is 38.1 Å². The lowest BCUT2D eigenvalue weighted by Crippen LogP contribution is -2.38. The molecule has 1 aromatic heterocycles. The molecule has 0 radical (unpaired) electrons. The number of para-hydroxylation sites is 1. The third-order valence-electron chi connectivity index (χ3n) is 4.13. The van der Waals surface area contributed by atoms with Gasteiger partial charge in [-0.25, -0.2) is 0 Å². The third kappa shape index (κ3) is 7.59. The number of nitrogens with zero attached hydrogens (tertiary/aromatic N) is 4. The maximum atomic E-state index is 4.64. The number of rotatable bonds is 11. The van der Waals surface area contributed by atoms with Gasteiger partial charge in [0.25, 0.3) is 0 Å². The second-order valence-corrected chi connectivity index (χ2v) is 6.27. The standard InChI is InChI=1S/C20H32N6/c1-3-21-20(23-14-9-17-26-18-10-15-24-26)22-13-7-8-16-25(2)19-11-5-4-6-12-19/h4-6,10-12,15,18H,3,7-9,13-14,16-17H2,1-2H3,(H2,21,22,23). The van der Waals surface area contributed by atoms with Gasteiger partial charge in [-0.3, -0.25) is 9.67 Å². The molecule has 0 fully saturated rings. The van der Waals surface area contributed by atoms with Crippen molar-refractivity contribution < 1.29 is 0 Å². The predicted molar refractivity (Wildman–Crippen MR) is 110 cm³/mol. The lowest BCUT2D eigenvalue weighted by atomic mass is 10.2. The highest BCUT2D eigenvalue weighted by molar-refractivity contribution is 5.79. The summed E-state index contributed by atoms with van der Waals surface area (Å²) in [6.07, 6.45) is 7.05. The molecule has 0 atom stereocenters. The summed E-state index contributed by atoms with van der Waals surface area (Å²) in [7, 11) is 2.15. The summed E-state index contributed by atoms with van der Waals surface area (Å²) in [6.45, 7) is 6.67. The number of hydrogen-bond acceptors (Lipinski definition) is 3. The van der Waals surface area contributed by atoms with Gasteiger partial charge in [-0.05, 0) is 44.4 Å². The topological polar surface area (TPSA) is 57.5 Å². The zero-order chi connectivity index (χ0) is 18.5. The molecule has 1 heterocycles. The summed E-state index contributed by atoms with van der Waals surface area (Å²) in [4.78, 5) is 6.94. The molecule has 142 valence electrons. The largest absolute Gasteiger partial charge is 0.375 e. The predicted octanol–water partition coefficient (Wildman–Crippen LogP) is 2.74. The van der Waals surface area contributed by atoms with Gasteiger partial charge in [-0.1, -0.05) is 18.2 Å². The number of aryl methyl sites for hydroxylation is 1. The molecule has 2 aromatic rings. The van der Waals surface area contributed by atoms with Crippen LogP contribution < -0.4 is 15.5 Å². The molecule has 0 aliphatic carbocycles. The van der Waals surface area contributed by atoms with Crippen LogP contribution in [0.2, 0.25) is 0 Å². The second kappa shape index (κ2) is 12.0. The number of aliphatic imine (C=N–C) groups is 1. The molecule has 0 bridgehead atoms. The summed E-state index contributed by atoms with van der Waals surface area (Å²) in [5.41, 5.74) is 1.27. The summed E-state index contributed by atoms with van der Waals surface area (Å²) in [5, 5.41) is 10.9. The van der Waals surface area contributed by atoms with Crippen LogP contribution in [0.15, 0.2) is 53.8 Å². The van der Waals surface area contributed by atoms with Crippen molar-refractivity contribution in [2.45, 2.75) is 32.7 Å². The fourth-order valence-corrected chi connectivity index (χ4v) is 2.69. The molecular formula is C20H32N6. The fraction of sp³-hybridized carbons (Fsp3) is 0.500. The number of nitrogens with one attached hydrogen (secondary N) is 2. The van der Waals surface area contributed by atoms with Crippen LogP contribution in [0.4, 0.5) is 5.69 Å². The summed E-state index contributed by atoms with van der Waals surface area (Å²) in [5.74, 6) is 0.907. The monoisotopic (exact) mass is 356 g/mol. The van der Waals surface area contributed by atoms with Crippen LogP contribution in [0.1, 0.15) is 26.2 Å². The maximum Gasteiger partial charge on any atom is 0.191 e. The van der Waals surface area contributed by atoms with E-state index >= 15 is 0 Å². The van der Waals surface area contributed by atoms with Crippen LogP contribution in [-0.2, 0) is 6.54 Å². The second-order valence-electron chi connectivity index (χ2n) is 6.27. The summed E-state index contributed by atoms with van der Waals surface area (Å²) >= 11 is 0. The highest BCUT2D eigenvalue weighted by Gasteiger charge is 2.00. The normalized spacial score (nSPS) is 11.4. The molecule has 0 saturated heterocycles. The van der Waals surface area contributed by atoms with E-state index in [1.807, 2.05) is 23.1 Å². The molecule has 1 aromatic carbocycles. The van der Waals surface area contributed by atoms with Crippen molar-refractivity contribution in [1.29, 1.82) is 0 Å². The smallest absolute Gasteiger partial charge is 0.191 e. The van der Waals surface area contributed by atoms with Gasteiger partial charge in [0.2, 0.25) is 0 Å². The quantitative estimate of drug-likeness (QED) is 0.369. The Morgan fingerprint density at radius 1 is 1.12 bits per heavy atom. The van der Waals surface area contributed by atoms with Gasteiger partial charge in [0.15, 0.2) is 5.96 Å². The Morgan fingerprint density at radius 2 is 1.96 bits per heavy atom. The lowest BCUT2D eigenvalue weighted by Gasteiger charge is -2.19. The molecule has 0 unspecified atom stereocenters. The zero-order valence-electron chi connectivity index (χ0n) is 16.1. The van der Waals surface area contributed by atoms with Gasteiger partial charge < -0.3 is 15.5 Å². The Balaban J connectivity index is 1.60. The molecule has 0 amide bonds. The minimum absolute atomic E-state index is 0.798. The van der Waals surface area contributed by atoms with Crippen molar-refractivity contribution in [3.8, 4) is 0 Å². The molecular weight excluding hydrogens is 324 g/mol. The lowest BCUT2D eigenvalue weighted by molar-refractivity contribution is 0.583. The van der Waals surface area contributed by atoms with Crippen LogP contribution in [0.5, 0.6) is 0 Å². The highest BCUT2D eigenvalue weighted by atomic mass is 15.3. The van der Waals surface area contributed by atoms with E-state index in [1.54, 1.807) is 0 Å². The molecule has 6 nitrogen and oxygen atoms in total. The molecule has 26 heavy (non-hydrogen) atoms. The minimum atomic E-state index is 0.798. The first-order chi connectivity index (χ1) is 12.8. The van der Waals surface area contributed by atoms with Crippen LogP contribution in [-0.4, -0.2) is 49.0 Å². The Morgan fingerprint density at radius 3 is 2.69 bits per heavy atom. The Bertz CT molecular complexity index is 608. The van der Waals surface area contributed by atoms with Gasteiger partial charge in [-0.15, -0.1) is 0 Å². The SMILES string of the molecule is CCNC(=NCCCn1cccn1)NCCCCN(C)c1ccccc1. The highest BCUT2D eigenvalue weighted by Crippen LogP contribution is 2.11. The van der Waals surface area contributed by atoms with E-state index in [2.05, 4.69) is 69.9 Å². The number of unbranched alkanes of at least 4 members (excludes halogenated alkanes) is 1. The number of benzene rings is 1. The molecule has 2 rings (SSSR count). The third-order valence-corrected chi connectivity index (χ3v) is 4.13. The van der Waals surface area contributed by atoms with Crippen LogP contribution >= 0.6 is 0 Å². The molecule has 0 spiro atoms. The van der Waals surface area contributed by atoms with Crippen LogP contribution in [0, 0.1) is 0 Å². The van der Waals surface area contributed by atoms with Gasteiger partial charge in [-0.2, -0.15) is 5.10 Å². The van der Waals surface area contributed by atoms with E-state index in [0.717, 1.165) is 57.9 Å². The average Bonchev–Trinajstić information content (AvgIpc) is 3.19. The first-order valence-corrected chi connectivity index (χ1v) is 9.55. The Kier molecular flexibility index (Phi) is 9.11. The molecule has 2 N–H and O–H groups in total. The fourth-order valence-electron chi connectivity index (χ4n) is 2.69. The van der Waals surface area contributed by atoms with E-state index in [1.165, 1.54) is 5.69 Å². The van der Waals surface area contributed by atoms with Crippen molar-refractivity contribution in [2.24, 2.45) is 4.99 Å². The van der Waals surface area contributed by atoms with E-state index in [9.17, 15) is 0 Å². The zero-order valence-corrected chi connectivity index (χ0v) is 16.1. The maximum absolute atomic E-state index is 4.64. The van der Waals surface area contributed by atoms with Crippen LogP contribution in [0.3, 0.4) is 0 Å². The average molecular weight is 357 g/mol. The first kappa shape index (κ1) is 19.8. The van der Waals surface area contributed by atoms with E-state index in [4.69, 9.17) is 0 Å². The Labute approximate surface area is 157 Å². The first-order valence-electron chi connectivity index (χ1n) is 9.55. The van der Waals surface area contributed by atoms with Gasteiger partial charge in [0.1, 0.15) is 0 Å². The number of anilines is 1.